The minimum Gasteiger partial charge on any atom is -0.344 e. The van der Waals surface area contributed by atoms with Crippen molar-refractivity contribution in [3.05, 3.63) is 88.1 Å². The van der Waals surface area contributed by atoms with Crippen LogP contribution < -0.4 is 5.32 Å². The molecule has 5 nitrogen and oxygen atoms in total. The van der Waals surface area contributed by atoms with Crippen molar-refractivity contribution < 1.29 is 19.7 Å². The molecule has 1 aromatic heterocycles. The first-order chi connectivity index (χ1) is 16.2. The predicted octanol–water partition coefficient (Wildman–Crippen LogP) is 4.66. The number of pyridine rings is 1. The Morgan fingerprint density at radius 1 is 1.12 bits per heavy atom. The topological polar surface area (TPSA) is 62.3 Å². The van der Waals surface area contributed by atoms with Gasteiger partial charge in [-0.25, -0.2) is 13.8 Å². The van der Waals surface area contributed by atoms with Crippen LogP contribution in [0.3, 0.4) is 0 Å². The number of aromatic nitrogens is 1. The first kappa shape index (κ1) is 20.0. The molecule has 0 spiro atoms. The van der Waals surface area contributed by atoms with Gasteiger partial charge < -0.3 is 10.2 Å². The zero-order chi connectivity index (χ0) is 24.0. The number of carbonyl (C=O) groups excluding carboxylic acids is 2. The summed E-state index contributed by atoms with van der Waals surface area (Å²) in [6, 6.07) is 10.7. The number of hydrogen-bond acceptors (Lipinski definition) is 3. The van der Waals surface area contributed by atoms with Crippen molar-refractivity contribution in [1.29, 1.82) is 0 Å². The van der Waals surface area contributed by atoms with Gasteiger partial charge in [0, 0.05) is 18.7 Å². The lowest BCUT2D eigenvalue weighted by molar-refractivity contribution is 0.0792. The average Bonchev–Trinajstić information content (AvgIpc) is 3.40. The third kappa shape index (κ3) is 3.88. The van der Waals surface area contributed by atoms with Crippen LogP contribution in [0.2, 0.25) is 0 Å². The van der Waals surface area contributed by atoms with Crippen LogP contribution in [0.1, 0.15) is 64.7 Å². The van der Waals surface area contributed by atoms with E-state index in [0.29, 0.717) is 11.1 Å². The number of carbonyl (C=O) groups is 2. The van der Waals surface area contributed by atoms with E-state index in [4.69, 9.17) is 1.37 Å². The van der Waals surface area contributed by atoms with Crippen LogP contribution in [-0.2, 0) is 6.42 Å². The van der Waals surface area contributed by atoms with Gasteiger partial charge in [0.2, 0.25) is 0 Å². The SMILES string of the molecule is [2H]C1(C)NC(=O)c2c(Cc3ccc(C(=O)N4CCCC4)cc3)cc(-c3c(F)cccc3F)nc21. The molecule has 1 atom stereocenters. The second-order valence-corrected chi connectivity index (χ2v) is 8.44. The Hall–Kier alpha value is -3.61. The van der Waals surface area contributed by atoms with Gasteiger partial charge in [-0.3, -0.25) is 9.59 Å². The Morgan fingerprint density at radius 3 is 2.45 bits per heavy atom. The van der Waals surface area contributed by atoms with E-state index >= 15 is 0 Å². The molecule has 0 radical (unpaired) electrons. The number of amides is 2. The maximum absolute atomic E-state index is 14.5. The van der Waals surface area contributed by atoms with Crippen LogP contribution >= 0.6 is 0 Å². The lowest BCUT2D eigenvalue weighted by Crippen LogP contribution is -2.27. The van der Waals surface area contributed by atoms with E-state index in [9.17, 15) is 18.4 Å². The highest BCUT2D eigenvalue weighted by Crippen LogP contribution is 2.33. The second-order valence-electron chi connectivity index (χ2n) is 8.44. The van der Waals surface area contributed by atoms with Crippen molar-refractivity contribution in [2.24, 2.45) is 0 Å². The van der Waals surface area contributed by atoms with Crippen LogP contribution in [0.4, 0.5) is 8.78 Å². The van der Waals surface area contributed by atoms with E-state index in [1.165, 1.54) is 19.1 Å². The average molecular weight is 448 g/mol. The minimum absolute atomic E-state index is 0.00415. The molecular formula is C26H23F2N3O2. The Labute approximate surface area is 191 Å². The third-order valence-corrected chi connectivity index (χ3v) is 6.19. The van der Waals surface area contributed by atoms with E-state index in [2.05, 4.69) is 10.3 Å². The van der Waals surface area contributed by atoms with Crippen LogP contribution in [0.15, 0.2) is 48.5 Å². The molecular weight excluding hydrogens is 424 g/mol. The Kier molecular flexibility index (Phi) is 5.09. The monoisotopic (exact) mass is 448 g/mol. The highest BCUT2D eigenvalue weighted by Gasteiger charge is 2.31. The zero-order valence-corrected chi connectivity index (χ0v) is 18.1. The van der Waals surface area contributed by atoms with Crippen LogP contribution in [0.25, 0.3) is 11.3 Å². The molecule has 2 aliphatic heterocycles. The van der Waals surface area contributed by atoms with Crippen molar-refractivity contribution in [3.8, 4) is 11.3 Å². The largest absolute Gasteiger partial charge is 0.344 e. The number of hydrogen-bond donors (Lipinski definition) is 1. The van der Waals surface area contributed by atoms with E-state index in [-0.39, 0.29) is 34.8 Å². The molecule has 168 valence electrons. The number of halogens is 2. The molecule has 33 heavy (non-hydrogen) atoms. The molecule has 0 bridgehead atoms. The molecule has 5 rings (SSSR count). The van der Waals surface area contributed by atoms with Gasteiger partial charge in [0.1, 0.15) is 11.6 Å². The van der Waals surface area contributed by atoms with Gasteiger partial charge >= 0.3 is 0 Å². The van der Waals surface area contributed by atoms with Crippen molar-refractivity contribution >= 4 is 11.8 Å². The quantitative estimate of drug-likeness (QED) is 0.632. The summed E-state index contributed by atoms with van der Waals surface area (Å²) < 4.78 is 37.5. The summed E-state index contributed by atoms with van der Waals surface area (Å²) >= 11 is 0. The first-order valence-corrected chi connectivity index (χ1v) is 10.9. The fraction of sp³-hybridized carbons (Fsp3) is 0.269. The molecule has 0 saturated carbocycles. The zero-order valence-electron chi connectivity index (χ0n) is 19.1. The number of rotatable bonds is 4. The summed E-state index contributed by atoms with van der Waals surface area (Å²) in [6.07, 6.45) is 2.30. The van der Waals surface area contributed by atoms with Gasteiger partial charge in [-0.2, -0.15) is 0 Å². The summed E-state index contributed by atoms with van der Waals surface area (Å²) in [5.41, 5.74) is 2.03. The molecule has 1 N–H and O–H groups in total. The van der Waals surface area contributed by atoms with Gasteiger partial charge in [-0.15, -0.1) is 0 Å². The molecule has 2 aliphatic rings. The van der Waals surface area contributed by atoms with E-state index in [1.54, 1.807) is 12.1 Å². The fourth-order valence-electron chi connectivity index (χ4n) is 4.51. The summed E-state index contributed by atoms with van der Waals surface area (Å²) in [4.78, 5) is 31.5. The van der Waals surface area contributed by atoms with E-state index in [0.717, 1.165) is 43.6 Å². The van der Waals surface area contributed by atoms with E-state index in [1.807, 2.05) is 17.0 Å². The minimum atomic E-state index is -1.52. The number of likely N-dealkylation sites (tertiary alicyclic amines) is 1. The van der Waals surface area contributed by atoms with Gasteiger partial charge in [0.25, 0.3) is 11.8 Å². The Bertz CT molecular complexity index is 1280. The van der Waals surface area contributed by atoms with Crippen LogP contribution in [0, 0.1) is 11.6 Å². The summed E-state index contributed by atoms with van der Waals surface area (Å²) in [7, 11) is 0. The lowest BCUT2D eigenvalue weighted by Gasteiger charge is -2.15. The predicted molar refractivity (Wildman–Crippen MR) is 120 cm³/mol. The van der Waals surface area contributed by atoms with Gasteiger partial charge in [0.05, 0.1) is 29.9 Å². The maximum atomic E-state index is 14.5. The van der Waals surface area contributed by atoms with Crippen molar-refractivity contribution in [2.75, 3.05) is 13.1 Å². The Morgan fingerprint density at radius 2 is 1.79 bits per heavy atom. The second kappa shape index (κ2) is 8.39. The molecule has 0 aliphatic carbocycles. The molecule has 2 amide bonds. The molecule has 2 aromatic carbocycles. The number of nitrogens with zero attached hydrogens (tertiary/aromatic N) is 2. The molecule has 3 heterocycles. The molecule has 7 heteroatoms. The molecule has 1 saturated heterocycles. The molecule has 1 unspecified atom stereocenters. The van der Waals surface area contributed by atoms with Crippen LogP contribution in [-0.4, -0.2) is 34.8 Å². The van der Waals surface area contributed by atoms with Crippen molar-refractivity contribution in [3.63, 3.8) is 0 Å². The Balaban J connectivity index is 1.54. The highest BCUT2D eigenvalue weighted by atomic mass is 19.1. The molecule has 3 aromatic rings. The van der Waals surface area contributed by atoms with Gasteiger partial charge in [0.15, 0.2) is 0 Å². The van der Waals surface area contributed by atoms with Crippen molar-refractivity contribution in [2.45, 2.75) is 32.2 Å². The van der Waals surface area contributed by atoms with E-state index < -0.39 is 23.6 Å². The third-order valence-electron chi connectivity index (χ3n) is 6.19. The van der Waals surface area contributed by atoms with Crippen LogP contribution in [0.5, 0.6) is 0 Å². The number of benzene rings is 2. The number of fused-ring (bicyclic) bond motifs is 1. The summed E-state index contributed by atoms with van der Waals surface area (Å²) in [5, 5.41) is 2.58. The normalized spacial score (nSPS) is 19.9. The first-order valence-electron chi connectivity index (χ1n) is 11.4. The number of nitrogens with one attached hydrogen (secondary N) is 1. The maximum Gasteiger partial charge on any atom is 0.254 e. The lowest BCUT2D eigenvalue weighted by atomic mass is 9.95. The van der Waals surface area contributed by atoms with Crippen molar-refractivity contribution in [1.82, 2.24) is 15.2 Å². The van der Waals surface area contributed by atoms with Gasteiger partial charge in [-0.05, 0) is 67.6 Å². The fourth-order valence-corrected chi connectivity index (χ4v) is 4.51. The van der Waals surface area contributed by atoms with Gasteiger partial charge in [-0.1, -0.05) is 18.2 Å². The highest BCUT2D eigenvalue weighted by molar-refractivity contribution is 6.00. The molecule has 1 fully saturated rings. The smallest absolute Gasteiger partial charge is 0.254 e. The standard InChI is InChI=1S/C26H23F2N3O2/c1-15-24-22(25(32)29-15)18(14-21(30-24)23-19(27)5-4-6-20(23)28)13-16-7-9-17(10-8-16)26(33)31-11-2-3-12-31/h4-10,14-15H,2-3,11-13H2,1H3,(H,29,32)/i15D. The summed E-state index contributed by atoms with van der Waals surface area (Å²) in [6.45, 7) is 3.01. The summed E-state index contributed by atoms with van der Waals surface area (Å²) in [5.74, 6) is -1.99.